The zero-order chi connectivity index (χ0) is 27.3. The van der Waals surface area contributed by atoms with E-state index in [0.717, 1.165) is 10.9 Å². The third kappa shape index (κ3) is 7.81. The number of hydrogen-bond donors (Lipinski definition) is 6. The monoisotopic (exact) mass is 585 g/mol. The third-order valence-corrected chi connectivity index (χ3v) is 8.03. The van der Waals surface area contributed by atoms with Crippen LogP contribution in [0, 0.1) is 0 Å². The maximum Gasteiger partial charge on any atom is 1.00 e. The number of ether oxygens (including phenoxy) is 2. The first-order valence-electron chi connectivity index (χ1n) is 10.6. The Balaban J connectivity index is 0.00000267. The van der Waals surface area contributed by atoms with Crippen molar-refractivity contribution in [2.45, 2.75) is 62.5 Å². The van der Waals surface area contributed by atoms with Crippen molar-refractivity contribution in [2.75, 3.05) is 12.3 Å². The number of nitrogens with two attached hydrogens (primary N) is 1. The van der Waals surface area contributed by atoms with Gasteiger partial charge in [-0.05, 0) is 6.92 Å². The molecule has 39 heavy (non-hydrogen) atoms. The van der Waals surface area contributed by atoms with E-state index in [1.54, 1.807) is 0 Å². The molecule has 4 rings (SSSR count). The number of rotatable bonds is 8. The second-order valence-electron chi connectivity index (χ2n) is 8.26. The standard InChI is InChI=1S/C16H25N5O14P2.2Li/c1-5-2-6(22)9(23)15(32-5)34-37(29,30)35-36(27,28)31-3-7-10(24)11(25)14(33-7)21-4-18-8-12(21)19-16(17)20-13(8)26;;/h4-7,9-11,14-15,22-25H,2-3H2,1H3,(H,27,28)(H,29,30)(H3,17,19,20,26);;/q;2*+1/p-2/t5-,6+,7+,9-,10+,11+,14+,15+;;/m0../s1. The summed E-state index contributed by atoms with van der Waals surface area (Å²) >= 11 is 0. The van der Waals surface area contributed by atoms with Gasteiger partial charge < -0.3 is 55.1 Å². The number of aliphatic hydroxyl groups is 4. The van der Waals surface area contributed by atoms with E-state index in [4.69, 9.17) is 15.2 Å². The fourth-order valence-corrected chi connectivity index (χ4v) is 5.89. The van der Waals surface area contributed by atoms with E-state index in [0.29, 0.717) is 0 Å². The van der Waals surface area contributed by atoms with Gasteiger partial charge in [0.25, 0.3) is 7.82 Å². The fourth-order valence-electron chi connectivity index (χ4n) is 3.77. The molecule has 2 aliphatic heterocycles. The predicted molar refractivity (Wildman–Crippen MR) is 112 cm³/mol. The molecule has 2 aliphatic rings. The molecule has 23 heteroatoms. The third-order valence-electron chi connectivity index (χ3n) is 5.47. The van der Waals surface area contributed by atoms with E-state index in [1.165, 1.54) is 6.92 Å². The molecule has 2 saturated heterocycles. The van der Waals surface area contributed by atoms with E-state index < -0.39 is 77.3 Å². The quantitative estimate of drug-likeness (QED) is 0.124. The van der Waals surface area contributed by atoms with Crippen molar-refractivity contribution in [1.82, 2.24) is 19.5 Å². The van der Waals surface area contributed by atoms with Gasteiger partial charge in [-0.3, -0.25) is 13.7 Å². The molecule has 2 fully saturated rings. The van der Waals surface area contributed by atoms with Gasteiger partial charge in [0.15, 0.2) is 18.2 Å². The molecule has 2 aromatic heterocycles. The average molecular weight is 585 g/mol. The van der Waals surface area contributed by atoms with Crippen LogP contribution in [0.25, 0.3) is 11.2 Å². The summed E-state index contributed by atoms with van der Waals surface area (Å²) in [6, 6.07) is 0. The molecular formula is C16H23Li2N5O14P2. The molecule has 0 amide bonds. The summed E-state index contributed by atoms with van der Waals surface area (Å²) in [7, 11) is -11.1. The van der Waals surface area contributed by atoms with E-state index in [1.807, 2.05) is 0 Å². The summed E-state index contributed by atoms with van der Waals surface area (Å²) in [5, 5.41) is 52.1. The number of aromatic nitrogens is 4. The van der Waals surface area contributed by atoms with Gasteiger partial charge in [-0.15, -0.1) is 0 Å². The zero-order valence-corrected chi connectivity index (χ0v) is 22.6. The second kappa shape index (κ2) is 13.1. The summed E-state index contributed by atoms with van der Waals surface area (Å²) in [5.74, 6) is -1.19. The number of anilines is 1. The van der Waals surface area contributed by atoms with E-state index in [2.05, 4.69) is 28.3 Å². The van der Waals surface area contributed by atoms with Crippen LogP contribution in [0.5, 0.6) is 5.88 Å². The van der Waals surface area contributed by atoms with Gasteiger partial charge >= 0.3 is 45.5 Å². The van der Waals surface area contributed by atoms with Crippen molar-refractivity contribution >= 4 is 32.8 Å². The van der Waals surface area contributed by atoms with Crippen LogP contribution in [0.3, 0.4) is 0 Å². The summed E-state index contributed by atoms with van der Waals surface area (Å²) in [6.45, 7) is 0.475. The Morgan fingerprint density at radius 1 is 1.15 bits per heavy atom. The minimum absolute atomic E-state index is 0. The van der Waals surface area contributed by atoms with Crippen LogP contribution in [0.15, 0.2) is 6.33 Å². The van der Waals surface area contributed by atoms with Crippen LogP contribution in [0.2, 0.25) is 0 Å². The minimum atomic E-state index is -5.62. The van der Waals surface area contributed by atoms with Crippen LogP contribution in [0.4, 0.5) is 5.95 Å². The fraction of sp³-hybridized carbons (Fsp3) is 0.688. The van der Waals surface area contributed by atoms with E-state index in [-0.39, 0.29) is 61.3 Å². The van der Waals surface area contributed by atoms with Crippen molar-refractivity contribution in [3.63, 3.8) is 0 Å². The Kier molecular flexibility index (Phi) is 11.6. The maximum atomic E-state index is 12.2. The Morgan fingerprint density at radius 3 is 2.49 bits per heavy atom. The zero-order valence-electron chi connectivity index (χ0n) is 20.8. The largest absolute Gasteiger partial charge is 1.00 e. The number of phosphoric ester groups is 2. The molecule has 0 spiro atoms. The van der Waals surface area contributed by atoms with Crippen LogP contribution in [0.1, 0.15) is 19.6 Å². The molecule has 19 nitrogen and oxygen atoms in total. The van der Waals surface area contributed by atoms with Crippen LogP contribution < -0.4 is 53.5 Å². The molecular weight excluding hydrogens is 562 g/mol. The van der Waals surface area contributed by atoms with Crippen molar-refractivity contribution in [3.05, 3.63) is 6.33 Å². The molecule has 0 bridgehead atoms. The van der Waals surface area contributed by atoms with Crippen molar-refractivity contribution in [3.8, 4) is 5.88 Å². The van der Waals surface area contributed by atoms with Gasteiger partial charge in [-0.1, -0.05) is 0 Å². The Bertz CT molecular complexity index is 1240. The number of imidazole rings is 1. The van der Waals surface area contributed by atoms with E-state index >= 15 is 0 Å². The smallest absolute Gasteiger partial charge is 0.857 e. The van der Waals surface area contributed by atoms with Gasteiger partial charge in [0.1, 0.15) is 29.9 Å². The number of nitrogen functional groups attached to an aromatic ring is 1. The predicted octanol–water partition coefficient (Wildman–Crippen LogP) is -9.42. The molecule has 0 radical (unpaired) electrons. The van der Waals surface area contributed by atoms with Crippen LogP contribution in [-0.2, 0) is 32.0 Å². The number of fused-ring (bicyclic) bond motifs is 1. The van der Waals surface area contributed by atoms with Gasteiger partial charge in [-0.2, -0.15) is 4.98 Å². The first-order chi connectivity index (χ1) is 17.2. The molecule has 208 valence electrons. The van der Waals surface area contributed by atoms with Crippen molar-refractivity contribution in [1.29, 1.82) is 0 Å². The summed E-state index contributed by atoms with van der Waals surface area (Å²) in [5.41, 5.74) is 5.13. The number of hydrogen-bond acceptors (Lipinski definition) is 17. The molecule has 0 aliphatic carbocycles. The van der Waals surface area contributed by atoms with Gasteiger partial charge in [0.05, 0.1) is 25.1 Å². The number of nitrogens with zero attached hydrogens (tertiary/aromatic N) is 4. The number of aliphatic hydroxyl groups excluding tert-OH is 4. The Morgan fingerprint density at radius 2 is 1.82 bits per heavy atom. The summed E-state index contributed by atoms with van der Waals surface area (Å²) in [6.07, 6.45) is -11.0. The van der Waals surface area contributed by atoms with Crippen molar-refractivity contribution in [2.24, 2.45) is 0 Å². The molecule has 2 aromatic rings. The average Bonchev–Trinajstić information content (AvgIpc) is 3.30. The molecule has 2 unspecified atom stereocenters. The van der Waals surface area contributed by atoms with Gasteiger partial charge in [0, 0.05) is 12.3 Å². The molecule has 0 saturated carbocycles. The molecule has 10 atom stereocenters. The molecule has 7 N–H and O–H groups in total. The topological polar surface area (TPSA) is 297 Å². The van der Waals surface area contributed by atoms with E-state index in [9.17, 15) is 44.4 Å². The summed E-state index contributed by atoms with van der Waals surface area (Å²) < 4.78 is 49.0. The Hall–Kier alpha value is -0.635. The van der Waals surface area contributed by atoms with Crippen molar-refractivity contribution < 1.29 is 105 Å². The maximum absolute atomic E-state index is 12.2. The Labute approximate surface area is 243 Å². The van der Waals surface area contributed by atoms with Crippen LogP contribution >= 0.6 is 15.6 Å². The molecule has 0 aromatic carbocycles. The molecule has 4 heterocycles. The first kappa shape index (κ1) is 34.6. The van der Waals surface area contributed by atoms with Gasteiger partial charge in [0.2, 0.25) is 5.95 Å². The first-order valence-corrected chi connectivity index (χ1v) is 13.5. The SMILES string of the molecule is C[C@H]1C[C@@H](O)[C@H](O)[C@@H](OP(=O)(O)OP(=O)([O-])OC[C@H]2O[C@@H](n3cnc4c([O-])nc(N)nc43)[C@H](O)[C@@H]2O)O1.[Li+].[Li+]. The summed E-state index contributed by atoms with van der Waals surface area (Å²) in [4.78, 5) is 33.0. The van der Waals surface area contributed by atoms with Gasteiger partial charge in [-0.25, -0.2) is 18.8 Å². The van der Waals surface area contributed by atoms with Crippen LogP contribution in [-0.4, -0.2) is 94.4 Å². The number of phosphoric acid groups is 2. The second-order valence-corrected chi connectivity index (χ2v) is 11.2. The minimum Gasteiger partial charge on any atom is -0.857 e. The normalized spacial score (nSPS) is 34.0.